The molecule has 2 aromatic heterocycles. The molecule has 1 fully saturated rings. The summed E-state index contributed by atoms with van der Waals surface area (Å²) in [5.74, 6) is 0.555. The molecule has 2 aromatic rings. The highest BCUT2D eigenvalue weighted by atomic mass is 35.5. The normalized spacial score (nSPS) is 16.5. The van der Waals surface area contributed by atoms with Crippen LogP contribution in [0.2, 0.25) is 0 Å². The van der Waals surface area contributed by atoms with Crippen LogP contribution in [-0.4, -0.2) is 65.1 Å². The Morgan fingerprint density at radius 2 is 2.04 bits per heavy atom. The Kier molecular flexibility index (Phi) is 9.41. The van der Waals surface area contributed by atoms with Crippen molar-refractivity contribution in [2.45, 2.75) is 6.10 Å². The van der Waals surface area contributed by atoms with Crippen molar-refractivity contribution in [3.63, 3.8) is 0 Å². The number of aliphatic hydroxyl groups excluding tert-OH is 1. The number of aromatic nitrogens is 1. The van der Waals surface area contributed by atoms with Gasteiger partial charge in [-0.15, -0.1) is 36.2 Å². The molecule has 1 aliphatic rings. The Bertz CT molecular complexity index is 604. The van der Waals surface area contributed by atoms with Gasteiger partial charge in [-0.3, -0.25) is 14.6 Å². The van der Waals surface area contributed by atoms with Crippen molar-refractivity contribution >= 4 is 47.2 Å². The van der Waals surface area contributed by atoms with E-state index in [2.05, 4.69) is 20.1 Å². The monoisotopic (exact) mass is 408 g/mol. The first-order chi connectivity index (χ1) is 11.2. The lowest BCUT2D eigenvalue weighted by Crippen LogP contribution is -2.49. The number of hydrogen-bond donors (Lipinski definition) is 2. The fourth-order valence-electron chi connectivity index (χ4n) is 2.59. The Morgan fingerprint density at radius 3 is 2.64 bits per heavy atom. The van der Waals surface area contributed by atoms with Gasteiger partial charge in [0.15, 0.2) is 5.13 Å². The fourth-order valence-corrected chi connectivity index (χ4v) is 3.14. The molecular weight excluding hydrogens is 387 g/mol. The van der Waals surface area contributed by atoms with Crippen molar-refractivity contribution in [1.29, 1.82) is 0 Å². The van der Waals surface area contributed by atoms with Crippen molar-refractivity contribution in [2.75, 3.05) is 44.6 Å². The Labute approximate surface area is 162 Å². The van der Waals surface area contributed by atoms with Crippen molar-refractivity contribution in [3.05, 3.63) is 35.7 Å². The number of carbonyl (C=O) groups excluding carboxylic acids is 1. The summed E-state index contributed by atoms with van der Waals surface area (Å²) >= 11 is 1.41. The molecule has 7 nitrogen and oxygen atoms in total. The number of hydrogen-bond acceptors (Lipinski definition) is 7. The minimum Gasteiger partial charge on any atom is -0.467 e. The molecule has 1 aliphatic heterocycles. The van der Waals surface area contributed by atoms with E-state index in [-0.39, 0.29) is 30.7 Å². The molecule has 1 unspecified atom stereocenters. The highest BCUT2D eigenvalue weighted by molar-refractivity contribution is 7.13. The largest absolute Gasteiger partial charge is 0.467 e. The molecule has 1 saturated heterocycles. The van der Waals surface area contributed by atoms with Crippen LogP contribution in [0.3, 0.4) is 0 Å². The number of anilines is 1. The lowest BCUT2D eigenvalue weighted by Gasteiger charge is -2.34. The van der Waals surface area contributed by atoms with E-state index in [0.29, 0.717) is 24.0 Å². The Balaban J connectivity index is 0.00000156. The van der Waals surface area contributed by atoms with Gasteiger partial charge in [-0.2, -0.15) is 0 Å². The standard InChI is InChI=1S/C15H20N4O3S.2ClH/c20-12(13-2-1-8-22-13)10-18-4-6-19(7-5-18)11-14(21)17-15-16-3-9-23-15;;/h1-3,8-9,12,20H,4-7,10-11H2,(H,16,17,21);2*1H. The van der Waals surface area contributed by atoms with Crippen LogP contribution >= 0.6 is 36.2 Å². The van der Waals surface area contributed by atoms with Crippen LogP contribution in [0.25, 0.3) is 0 Å². The number of β-amino-alcohol motifs (C(OH)–C–C–N with tert-alkyl or cyclic N) is 1. The van der Waals surface area contributed by atoms with Gasteiger partial charge in [-0.1, -0.05) is 0 Å². The third kappa shape index (κ3) is 6.58. The average Bonchev–Trinajstić information content (AvgIpc) is 3.22. The van der Waals surface area contributed by atoms with E-state index in [4.69, 9.17) is 4.42 Å². The fraction of sp³-hybridized carbons (Fsp3) is 0.467. The van der Waals surface area contributed by atoms with Crippen molar-refractivity contribution < 1.29 is 14.3 Å². The van der Waals surface area contributed by atoms with Gasteiger partial charge in [-0.25, -0.2) is 4.98 Å². The van der Waals surface area contributed by atoms with Gasteiger partial charge in [0.2, 0.25) is 5.91 Å². The van der Waals surface area contributed by atoms with Gasteiger partial charge in [0.25, 0.3) is 0 Å². The maximum atomic E-state index is 11.9. The van der Waals surface area contributed by atoms with Crippen molar-refractivity contribution in [2.24, 2.45) is 0 Å². The number of piperazine rings is 1. The van der Waals surface area contributed by atoms with Crippen LogP contribution in [0.1, 0.15) is 11.9 Å². The molecule has 3 heterocycles. The topological polar surface area (TPSA) is 81.8 Å². The van der Waals surface area contributed by atoms with Gasteiger partial charge in [0, 0.05) is 44.3 Å². The number of furan rings is 1. The Hall–Kier alpha value is -1.16. The van der Waals surface area contributed by atoms with E-state index in [1.54, 1.807) is 24.6 Å². The predicted molar refractivity (Wildman–Crippen MR) is 102 cm³/mol. The molecule has 10 heteroatoms. The molecule has 0 bridgehead atoms. The molecule has 0 spiro atoms. The van der Waals surface area contributed by atoms with Gasteiger partial charge in [0.1, 0.15) is 11.9 Å². The van der Waals surface area contributed by atoms with E-state index >= 15 is 0 Å². The number of rotatable bonds is 6. The smallest absolute Gasteiger partial charge is 0.240 e. The summed E-state index contributed by atoms with van der Waals surface area (Å²) in [7, 11) is 0. The third-order valence-corrected chi connectivity index (χ3v) is 4.50. The summed E-state index contributed by atoms with van der Waals surface area (Å²) in [5, 5.41) is 15.4. The zero-order valence-electron chi connectivity index (χ0n) is 13.5. The second kappa shape index (κ2) is 10.7. The number of nitrogens with zero attached hydrogens (tertiary/aromatic N) is 3. The van der Waals surface area contributed by atoms with Crippen LogP contribution in [0.15, 0.2) is 34.4 Å². The highest BCUT2D eigenvalue weighted by Gasteiger charge is 2.22. The van der Waals surface area contributed by atoms with E-state index in [1.807, 2.05) is 5.38 Å². The van der Waals surface area contributed by atoms with Gasteiger partial charge >= 0.3 is 0 Å². The molecule has 3 rings (SSSR count). The second-order valence-corrected chi connectivity index (χ2v) is 6.39. The number of carbonyl (C=O) groups is 1. The SMILES string of the molecule is Cl.Cl.O=C(CN1CCN(CC(O)c2ccco2)CC1)Nc1nccs1. The average molecular weight is 409 g/mol. The number of aliphatic hydroxyl groups is 1. The van der Waals surface area contributed by atoms with Gasteiger partial charge in [0.05, 0.1) is 12.8 Å². The molecule has 0 aromatic carbocycles. The van der Waals surface area contributed by atoms with Crippen LogP contribution < -0.4 is 5.32 Å². The number of halogens is 2. The summed E-state index contributed by atoms with van der Waals surface area (Å²) in [6, 6.07) is 3.56. The lowest BCUT2D eigenvalue weighted by atomic mass is 10.2. The quantitative estimate of drug-likeness (QED) is 0.758. The first-order valence-corrected chi connectivity index (χ1v) is 8.44. The minimum atomic E-state index is -0.607. The molecular formula is C15H22Cl2N4O3S. The highest BCUT2D eigenvalue weighted by Crippen LogP contribution is 2.16. The maximum absolute atomic E-state index is 11.9. The third-order valence-electron chi connectivity index (χ3n) is 3.81. The summed E-state index contributed by atoms with van der Waals surface area (Å²) in [4.78, 5) is 20.3. The molecule has 0 aliphatic carbocycles. The molecule has 2 N–H and O–H groups in total. The maximum Gasteiger partial charge on any atom is 0.240 e. The number of nitrogens with one attached hydrogen (secondary N) is 1. The van der Waals surface area contributed by atoms with Gasteiger partial charge < -0.3 is 14.8 Å². The molecule has 140 valence electrons. The van der Waals surface area contributed by atoms with E-state index in [1.165, 1.54) is 11.3 Å². The lowest BCUT2D eigenvalue weighted by molar-refractivity contribution is -0.117. The summed E-state index contributed by atoms with van der Waals surface area (Å²) < 4.78 is 5.22. The van der Waals surface area contributed by atoms with Crippen molar-refractivity contribution in [3.8, 4) is 0 Å². The molecule has 1 atom stereocenters. The Morgan fingerprint density at radius 1 is 1.32 bits per heavy atom. The molecule has 0 radical (unpaired) electrons. The molecule has 25 heavy (non-hydrogen) atoms. The first-order valence-electron chi connectivity index (χ1n) is 7.56. The number of thiazole rings is 1. The van der Waals surface area contributed by atoms with Crippen LogP contribution in [0.4, 0.5) is 5.13 Å². The number of amides is 1. The zero-order chi connectivity index (χ0) is 16.1. The summed E-state index contributed by atoms with van der Waals surface area (Å²) in [5.41, 5.74) is 0. The first kappa shape index (κ1) is 21.9. The minimum absolute atomic E-state index is 0. The van der Waals surface area contributed by atoms with Crippen LogP contribution in [0.5, 0.6) is 0 Å². The molecule has 0 saturated carbocycles. The zero-order valence-corrected chi connectivity index (χ0v) is 16.0. The predicted octanol–water partition coefficient (Wildman–Crippen LogP) is 1.87. The van der Waals surface area contributed by atoms with E-state index in [0.717, 1.165) is 26.2 Å². The van der Waals surface area contributed by atoms with E-state index in [9.17, 15) is 9.90 Å². The second-order valence-electron chi connectivity index (χ2n) is 5.49. The summed E-state index contributed by atoms with van der Waals surface area (Å²) in [6.45, 7) is 4.16. The van der Waals surface area contributed by atoms with E-state index < -0.39 is 6.10 Å². The van der Waals surface area contributed by atoms with Crippen LogP contribution in [0, 0.1) is 0 Å². The summed E-state index contributed by atoms with van der Waals surface area (Å²) in [6.07, 6.45) is 2.63. The van der Waals surface area contributed by atoms with Crippen molar-refractivity contribution in [1.82, 2.24) is 14.8 Å². The molecule has 1 amide bonds. The van der Waals surface area contributed by atoms with Gasteiger partial charge in [-0.05, 0) is 12.1 Å². The van der Waals surface area contributed by atoms with Crippen LogP contribution in [-0.2, 0) is 4.79 Å².